The van der Waals surface area contributed by atoms with Gasteiger partial charge in [0.15, 0.2) is 5.11 Å². The van der Waals surface area contributed by atoms with Crippen LogP contribution in [0.4, 0.5) is 5.69 Å². The van der Waals surface area contributed by atoms with E-state index in [1.165, 1.54) is 28.5 Å². The highest BCUT2D eigenvalue weighted by molar-refractivity contribution is 7.80. The van der Waals surface area contributed by atoms with Crippen molar-refractivity contribution >= 4 is 23.0 Å². The molecule has 0 unspecified atom stereocenters. The van der Waals surface area contributed by atoms with Crippen molar-refractivity contribution in [3.63, 3.8) is 0 Å². The Morgan fingerprint density at radius 3 is 2.09 bits per heavy atom. The molecular formula is C18H34N4S+2. The van der Waals surface area contributed by atoms with Gasteiger partial charge >= 0.3 is 0 Å². The van der Waals surface area contributed by atoms with Gasteiger partial charge in [-0.05, 0) is 36.8 Å². The molecule has 0 radical (unpaired) electrons. The van der Waals surface area contributed by atoms with Gasteiger partial charge in [-0.25, -0.2) is 0 Å². The summed E-state index contributed by atoms with van der Waals surface area (Å²) in [6.45, 7) is 6.48. The summed E-state index contributed by atoms with van der Waals surface area (Å²) >= 11 is 5.66. The average molecular weight is 339 g/mol. The molecule has 0 aliphatic rings. The largest absolute Gasteiger partial charge is 0.349 e. The highest BCUT2D eigenvalue weighted by atomic mass is 32.1. The monoisotopic (exact) mass is 338 g/mol. The summed E-state index contributed by atoms with van der Waals surface area (Å²) in [4.78, 5) is 5.30. The van der Waals surface area contributed by atoms with Gasteiger partial charge in [0, 0.05) is 31.6 Å². The number of nitrogens with zero attached hydrogens (tertiary/aromatic N) is 1. The predicted molar refractivity (Wildman–Crippen MR) is 104 cm³/mol. The number of aryl methyl sites for hydroxylation is 1. The topological polar surface area (TPSA) is 24.2 Å². The maximum absolute atomic E-state index is 5.66. The summed E-state index contributed by atoms with van der Waals surface area (Å²) < 4.78 is 0. The molecule has 0 aliphatic carbocycles. The fraction of sp³-hybridized carbons (Fsp3) is 0.611. The molecule has 0 bridgehead atoms. The quantitative estimate of drug-likeness (QED) is 0.555. The van der Waals surface area contributed by atoms with Crippen molar-refractivity contribution in [1.82, 2.24) is 4.90 Å². The number of quaternary nitrogens is 2. The van der Waals surface area contributed by atoms with Crippen molar-refractivity contribution in [2.75, 3.05) is 59.7 Å². The van der Waals surface area contributed by atoms with Gasteiger partial charge in [0.2, 0.25) is 0 Å². The lowest BCUT2D eigenvalue weighted by atomic mass is 10.2. The molecule has 1 aromatic rings. The normalized spacial score (nSPS) is 11.1. The lowest BCUT2D eigenvalue weighted by Gasteiger charge is -2.26. The fourth-order valence-electron chi connectivity index (χ4n) is 2.49. The van der Waals surface area contributed by atoms with Gasteiger partial charge in [-0.3, -0.25) is 0 Å². The highest BCUT2D eigenvalue weighted by Gasteiger charge is 2.11. The van der Waals surface area contributed by atoms with Crippen molar-refractivity contribution in [2.24, 2.45) is 0 Å². The van der Waals surface area contributed by atoms with Crippen LogP contribution in [0.5, 0.6) is 0 Å². The Morgan fingerprint density at radius 1 is 1.04 bits per heavy atom. The van der Waals surface area contributed by atoms with E-state index >= 15 is 0 Å². The van der Waals surface area contributed by atoms with Crippen LogP contribution in [0.2, 0.25) is 0 Å². The third kappa shape index (κ3) is 8.89. The van der Waals surface area contributed by atoms with E-state index in [9.17, 15) is 0 Å². The Hall–Kier alpha value is -1.17. The maximum atomic E-state index is 5.66. The van der Waals surface area contributed by atoms with Gasteiger partial charge in [0.05, 0.1) is 41.3 Å². The van der Waals surface area contributed by atoms with E-state index in [4.69, 9.17) is 12.2 Å². The van der Waals surface area contributed by atoms with Crippen LogP contribution < -0.4 is 15.1 Å². The molecule has 0 amide bonds. The number of benzene rings is 1. The molecule has 130 valence electrons. The van der Waals surface area contributed by atoms with Crippen LogP contribution in [0.25, 0.3) is 0 Å². The second-order valence-corrected chi connectivity index (χ2v) is 7.29. The second-order valence-electron chi connectivity index (χ2n) is 6.91. The van der Waals surface area contributed by atoms with Crippen molar-refractivity contribution in [2.45, 2.75) is 19.8 Å². The van der Waals surface area contributed by atoms with Gasteiger partial charge < -0.3 is 20.0 Å². The Kier molecular flexibility index (Phi) is 9.14. The van der Waals surface area contributed by atoms with Gasteiger partial charge in [-0.2, -0.15) is 0 Å². The number of anilines is 1. The molecule has 0 fully saturated rings. The van der Waals surface area contributed by atoms with Crippen molar-refractivity contribution in [3.05, 3.63) is 29.8 Å². The standard InChI is InChI=1S/C18H32N4S/c1-16-9-6-10-17(15-16)19-18(23)22(13-7-11-20(2)3)14-8-12-21(4)5/h6,9-10,15H,7-8,11-14H2,1-5H3,(H,19,23)/p+2. The summed E-state index contributed by atoms with van der Waals surface area (Å²) in [6.07, 6.45) is 2.32. The number of thiocarbonyl (C=S) groups is 1. The molecule has 0 aromatic heterocycles. The number of hydrogen-bond acceptors (Lipinski definition) is 1. The number of hydrogen-bond donors (Lipinski definition) is 3. The minimum atomic E-state index is 0.845. The van der Waals surface area contributed by atoms with Crippen LogP contribution >= 0.6 is 12.2 Å². The third-order valence-corrected chi connectivity index (χ3v) is 4.13. The Morgan fingerprint density at radius 2 is 1.61 bits per heavy atom. The first-order valence-electron chi connectivity index (χ1n) is 8.59. The third-order valence-electron chi connectivity index (χ3n) is 3.77. The van der Waals surface area contributed by atoms with Crippen LogP contribution in [0.15, 0.2) is 24.3 Å². The Bertz CT molecular complexity index is 460. The second kappa shape index (κ2) is 10.6. The Balaban J connectivity index is 2.58. The molecule has 1 rings (SSSR count). The summed E-state index contributed by atoms with van der Waals surface area (Å²) in [5.74, 6) is 0. The molecular weight excluding hydrogens is 304 g/mol. The molecule has 1 aromatic carbocycles. The number of rotatable bonds is 9. The van der Waals surface area contributed by atoms with E-state index < -0.39 is 0 Å². The Labute approximate surface area is 147 Å². The van der Waals surface area contributed by atoms with E-state index in [0.717, 1.165) is 36.7 Å². The van der Waals surface area contributed by atoms with Gasteiger partial charge in [0.25, 0.3) is 0 Å². The fourth-order valence-corrected chi connectivity index (χ4v) is 2.79. The first kappa shape index (κ1) is 19.9. The summed E-state index contributed by atoms with van der Waals surface area (Å²) in [7, 11) is 8.79. The van der Waals surface area contributed by atoms with Crippen LogP contribution in [0, 0.1) is 6.92 Å². The molecule has 4 nitrogen and oxygen atoms in total. The minimum Gasteiger partial charge on any atom is -0.349 e. The number of nitrogens with one attached hydrogen (secondary N) is 3. The van der Waals surface area contributed by atoms with Gasteiger partial charge in [0.1, 0.15) is 0 Å². The summed E-state index contributed by atoms with van der Waals surface area (Å²) in [5, 5.41) is 4.25. The van der Waals surface area contributed by atoms with E-state index in [1.807, 2.05) is 0 Å². The van der Waals surface area contributed by atoms with E-state index in [0.29, 0.717) is 0 Å². The average Bonchev–Trinajstić information content (AvgIpc) is 2.45. The van der Waals surface area contributed by atoms with E-state index in [2.05, 4.69) is 69.6 Å². The van der Waals surface area contributed by atoms with E-state index in [-0.39, 0.29) is 0 Å². The van der Waals surface area contributed by atoms with E-state index in [1.54, 1.807) is 0 Å². The SMILES string of the molecule is Cc1cccc(NC(=S)N(CCC[NH+](C)C)CCC[NH+](C)C)c1. The highest BCUT2D eigenvalue weighted by Crippen LogP contribution is 2.11. The van der Waals surface area contributed by atoms with Gasteiger partial charge in [-0.15, -0.1) is 0 Å². The van der Waals surface area contributed by atoms with Crippen LogP contribution in [0.3, 0.4) is 0 Å². The smallest absolute Gasteiger partial charge is 0.173 e. The molecule has 0 heterocycles. The zero-order valence-electron chi connectivity index (χ0n) is 15.4. The first-order chi connectivity index (χ1) is 10.9. The lowest BCUT2D eigenvalue weighted by molar-refractivity contribution is -0.858. The van der Waals surface area contributed by atoms with Crippen LogP contribution in [0.1, 0.15) is 18.4 Å². The first-order valence-corrected chi connectivity index (χ1v) is 9.00. The minimum absolute atomic E-state index is 0.845. The molecule has 0 saturated heterocycles. The summed E-state index contributed by atoms with van der Waals surface area (Å²) in [6, 6.07) is 8.38. The lowest BCUT2D eigenvalue weighted by Crippen LogP contribution is -3.05. The molecule has 0 saturated carbocycles. The maximum Gasteiger partial charge on any atom is 0.173 e. The van der Waals surface area contributed by atoms with Crippen molar-refractivity contribution in [1.29, 1.82) is 0 Å². The van der Waals surface area contributed by atoms with Crippen molar-refractivity contribution < 1.29 is 9.80 Å². The van der Waals surface area contributed by atoms with Crippen LogP contribution in [-0.4, -0.2) is 64.4 Å². The van der Waals surface area contributed by atoms with Crippen LogP contribution in [-0.2, 0) is 0 Å². The van der Waals surface area contributed by atoms with Crippen molar-refractivity contribution in [3.8, 4) is 0 Å². The summed E-state index contributed by atoms with van der Waals surface area (Å²) in [5.41, 5.74) is 2.33. The van der Waals surface area contributed by atoms with Gasteiger partial charge in [-0.1, -0.05) is 12.1 Å². The molecule has 5 heteroatoms. The molecule has 0 spiro atoms. The zero-order valence-corrected chi connectivity index (χ0v) is 16.2. The zero-order chi connectivity index (χ0) is 17.2. The molecule has 0 atom stereocenters. The molecule has 3 N–H and O–H groups in total. The molecule has 23 heavy (non-hydrogen) atoms. The molecule has 0 aliphatic heterocycles. The predicted octanol–water partition coefficient (Wildman–Crippen LogP) is 0.0630.